The van der Waals surface area contributed by atoms with Crippen LogP contribution in [0.5, 0.6) is 5.75 Å². The predicted octanol–water partition coefficient (Wildman–Crippen LogP) is 5.91. The fourth-order valence-corrected chi connectivity index (χ4v) is 3.32. The maximum Gasteiger partial charge on any atom is 0.416 e. The topological polar surface area (TPSA) is 58.6 Å². The van der Waals surface area contributed by atoms with Crippen molar-refractivity contribution in [2.45, 2.75) is 26.2 Å². The van der Waals surface area contributed by atoms with Crippen LogP contribution >= 0.6 is 0 Å². The molecule has 2 aromatic rings. The van der Waals surface area contributed by atoms with Gasteiger partial charge in [-0.3, -0.25) is 9.59 Å². The number of nitrogens with zero attached hydrogens (tertiary/aromatic N) is 1. The van der Waals surface area contributed by atoms with Crippen molar-refractivity contribution in [3.63, 3.8) is 0 Å². The van der Waals surface area contributed by atoms with Gasteiger partial charge in [0.1, 0.15) is 12.4 Å². The molecule has 0 spiro atoms. The summed E-state index contributed by atoms with van der Waals surface area (Å²) < 4.78 is 84.4. The molecule has 1 N–H and O–H groups in total. The third-order valence-electron chi connectivity index (χ3n) is 5.08. The van der Waals surface area contributed by atoms with E-state index in [2.05, 4.69) is 11.9 Å². The van der Waals surface area contributed by atoms with Crippen molar-refractivity contribution < 1.29 is 40.7 Å². The second-order valence-corrected chi connectivity index (χ2v) is 8.31. The van der Waals surface area contributed by atoms with Crippen molar-refractivity contribution in [2.24, 2.45) is 5.41 Å². The number of carbonyl (C=O) groups is 2. The molecule has 0 aromatic heterocycles. The lowest BCUT2D eigenvalue weighted by Gasteiger charge is -2.27. The molecule has 3 rings (SSSR count). The summed E-state index contributed by atoms with van der Waals surface area (Å²) in [7, 11) is 0. The van der Waals surface area contributed by atoms with Gasteiger partial charge in [-0.05, 0) is 50.2 Å². The van der Waals surface area contributed by atoms with Crippen LogP contribution in [0.4, 0.5) is 37.7 Å². The first-order chi connectivity index (χ1) is 15.6. The summed E-state index contributed by atoms with van der Waals surface area (Å²) in [5, 5.41) is 2.29. The maximum absolute atomic E-state index is 13.1. The standard InChI is InChI=1S/C23H20F6N2O3/c1-4-7-31-17-11-16(5-6-18(17)34-12-21(2,3)20(31)33)30-19(32)13-8-14(22(24,25)26)10-15(9-13)23(27,28)29/h4-6,8-11H,1,7,12H2,2-3H3,(H,30,32). The fraction of sp³-hybridized carbons (Fsp3) is 0.304. The SMILES string of the molecule is C=CCN1C(=O)C(C)(C)COc2ccc(NC(=O)c3cc(C(F)(F)F)cc(C(F)(F)F)c3)cc21. The number of alkyl halides is 6. The smallest absolute Gasteiger partial charge is 0.416 e. The van der Waals surface area contributed by atoms with Crippen LogP contribution in [0.1, 0.15) is 35.3 Å². The number of fused-ring (bicyclic) bond motifs is 1. The van der Waals surface area contributed by atoms with Crippen molar-refractivity contribution in [3.8, 4) is 5.75 Å². The highest BCUT2D eigenvalue weighted by Gasteiger charge is 2.39. The van der Waals surface area contributed by atoms with E-state index >= 15 is 0 Å². The van der Waals surface area contributed by atoms with E-state index in [4.69, 9.17) is 4.74 Å². The van der Waals surface area contributed by atoms with Gasteiger partial charge in [-0.1, -0.05) is 6.08 Å². The Kier molecular flexibility index (Phi) is 6.43. The lowest BCUT2D eigenvalue weighted by Crippen LogP contribution is -2.42. The van der Waals surface area contributed by atoms with Crippen LogP contribution in [0.15, 0.2) is 49.1 Å². The predicted molar refractivity (Wildman–Crippen MR) is 113 cm³/mol. The van der Waals surface area contributed by atoms with Crippen LogP contribution < -0.4 is 15.0 Å². The largest absolute Gasteiger partial charge is 0.490 e. The molecule has 0 unspecified atom stereocenters. The van der Waals surface area contributed by atoms with E-state index in [1.54, 1.807) is 13.8 Å². The lowest BCUT2D eigenvalue weighted by atomic mass is 9.93. The quantitative estimate of drug-likeness (QED) is 0.432. The van der Waals surface area contributed by atoms with E-state index in [1.807, 2.05) is 0 Å². The van der Waals surface area contributed by atoms with Crippen LogP contribution in [-0.2, 0) is 17.1 Å². The number of benzene rings is 2. The van der Waals surface area contributed by atoms with Gasteiger partial charge >= 0.3 is 12.4 Å². The Balaban J connectivity index is 1.99. The van der Waals surface area contributed by atoms with Crippen LogP contribution in [0.25, 0.3) is 0 Å². The van der Waals surface area contributed by atoms with Gasteiger partial charge in [-0.15, -0.1) is 6.58 Å². The zero-order valence-electron chi connectivity index (χ0n) is 18.1. The van der Waals surface area contributed by atoms with Crippen LogP contribution in [0.3, 0.4) is 0 Å². The van der Waals surface area contributed by atoms with Gasteiger partial charge < -0.3 is 15.0 Å². The molecular weight excluding hydrogens is 466 g/mol. The van der Waals surface area contributed by atoms with Gasteiger partial charge in [-0.25, -0.2) is 0 Å². The number of anilines is 2. The number of ether oxygens (including phenoxy) is 1. The van der Waals surface area contributed by atoms with Gasteiger partial charge in [0.25, 0.3) is 5.91 Å². The Hall–Kier alpha value is -3.50. The van der Waals surface area contributed by atoms with Crippen LogP contribution in [0.2, 0.25) is 0 Å². The number of hydrogen-bond donors (Lipinski definition) is 1. The zero-order chi connectivity index (χ0) is 25.5. The first kappa shape index (κ1) is 25.1. The molecule has 5 nitrogen and oxygen atoms in total. The molecule has 0 atom stereocenters. The fourth-order valence-electron chi connectivity index (χ4n) is 3.32. The van der Waals surface area contributed by atoms with E-state index in [0.29, 0.717) is 17.9 Å². The second kappa shape index (κ2) is 8.69. The molecule has 34 heavy (non-hydrogen) atoms. The summed E-state index contributed by atoms with van der Waals surface area (Å²) in [4.78, 5) is 26.9. The highest BCUT2D eigenvalue weighted by molar-refractivity contribution is 6.06. The van der Waals surface area contributed by atoms with E-state index in [1.165, 1.54) is 29.2 Å². The van der Waals surface area contributed by atoms with Gasteiger partial charge in [0, 0.05) is 17.8 Å². The Morgan fingerprint density at radius 3 is 2.21 bits per heavy atom. The van der Waals surface area contributed by atoms with E-state index in [0.717, 1.165) is 0 Å². The summed E-state index contributed by atoms with van der Waals surface area (Å²) in [6.45, 7) is 7.17. The molecule has 2 aromatic carbocycles. The molecule has 0 bridgehead atoms. The van der Waals surface area contributed by atoms with Crippen LogP contribution in [-0.4, -0.2) is 25.0 Å². The summed E-state index contributed by atoms with van der Waals surface area (Å²) >= 11 is 0. The summed E-state index contributed by atoms with van der Waals surface area (Å²) in [6, 6.07) is 4.79. The molecule has 0 fully saturated rings. The third-order valence-corrected chi connectivity index (χ3v) is 5.08. The Bertz CT molecular complexity index is 1110. The summed E-state index contributed by atoms with van der Waals surface area (Å²) in [5.41, 5.74) is -4.60. The van der Waals surface area contributed by atoms with Crippen molar-refractivity contribution >= 4 is 23.2 Å². The number of carbonyl (C=O) groups excluding carboxylic acids is 2. The molecular formula is C23H20F6N2O3. The molecule has 1 aliphatic heterocycles. The zero-order valence-corrected chi connectivity index (χ0v) is 18.1. The van der Waals surface area contributed by atoms with E-state index in [9.17, 15) is 35.9 Å². The summed E-state index contributed by atoms with van der Waals surface area (Å²) in [5.74, 6) is -1.16. The van der Waals surface area contributed by atoms with Crippen molar-refractivity contribution in [1.29, 1.82) is 0 Å². The number of nitrogens with one attached hydrogen (secondary N) is 1. The average Bonchev–Trinajstić information content (AvgIpc) is 2.82. The normalized spacial score (nSPS) is 15.8. The molecule has 1 heterocycles. The van der Waals surface area contributed by atoms with Gasteiger partial charge in [0.05, 0.1) is 22.2 Å². The Labute approximate surface area is 191 Å². The molecule has 0 saturated carbocycles. The minimum absolute atomic E-state index is 0.0416. The van der Waals surface area contributed by atoms with Crippen LogP contribution in [0, 0.1) is 5.41 Å². The first-order valence-corrected chi connectivity index (χ1v) is 9.94. The number of rotatable bonds is 4. The number of amides is 2. The highest BCUT2D eigenvalue weighted by atomic mass is 19.4. The summed E-state index contributed by atoms with van der Waals surface area (Å²) in [6.07, 6.45) is -8.69. The average molecular weight is 486 g/mol. The molecule has 0 aliphatic carbocycles. The molecule has 0 saturated heterocycles. The second-order valence-electron chi connectivity index (χ2n) is 8.31. The van der Waals surface area contributed by atoms with Crippen molar-refractivity contribution in [3.05, 3.63) is 65.7 Å². The molecule has 2 amide bonds. The number of halogens is 6. The Morgan fingerprint density at radius 1 is 1.09 bits per heavy atom. The van der Waals surface area contributed by atoms with E-state index < -0.39 is 40.4 Å². The molecule has 1 aliphatic rings. The molecule has 182 valence electrons. The monoisotopic (exact) mass is 486 g/mol. The Morgan fingerprint density at radius 2 is 1.68 bits per heavy atom. The van der Waals surface area contributed by atoms with Crippen molar-refractivity contribution in [2.75, 3.05) is 23.4 Å². The van der Waals surface area contributed by atoms with E-state index in [-0.39, 0.29) is 36.5 Å². The first-order valence-electron chi connectivity index (χ1n) is 9.94. The minimum atomic E-state index is -5.09. The molecule has 11 heteroatoms. The number of hydrogen-bond acceptors (Lipinski definition) is 3. The third kappa shape index (κ3) is 5.18. The molecule has 0 radical (unpaired) electrons. The highest BCUT2D eigenvalue weighted by Crippen LogP contribution is 2.39. The van der Waals surface area contributed by atoms with Crippen molar-refractivity contribution in [1.82, 2.24) is 0 Å². The van der Waals surface area contributed by atoms with Gasteiger partial charge in [0.15, 0.2) is 0 Å². The van der Waals surface area contributed by atoms with Gasteiger partial charge in [0.2, 0.25) is 5.91 Å². The lowest BCUT2D eigenvalue weighted by molar-refractivity contribution is -0.143. The van der Waals surface area contributed by atoms with Gasteiger partial charge in [-0.2, -0.15) is 26.3 Å². The minimum Gasteiger partial charge on any atom is -0.490 e. The maximum atomic E-state index is 13.1.